The van der Waals surface area contributed by atoms with Crippen LogP contribution in [0.3, 0.4) is 0 Å². The summed E-state index contributed by atoms with van der Waals surface area (Å²) in [5.41, 5.74) is 2.60. The predicted octanol–water partition coefficient (Wildman–Crippen LogP) is 4.99. The molecular weight excluding hydrogens is 403 g/mol. The van der Waals surface area contributed by atoms with Gasteiger partial charge in [-0.05, 0) is 48.6 Å². The van der Waals surface area contributed by atoms with Crippen molar-refractivity contribution in [3.8, 4) is 5.75 Å². The van der Waals surface area contributed by atoms with Gasteiger partial charge in [0.1, 0.15) is 32.0 Å². The van der Waals surface area contributed by atoms with Crippen LogP contribution < -0.4 is 4.74 Å². The lowest BCUT2D eigenvalue weighted by atomic mass is 9.90. The lowest BCUT2D eigenvalue weighted by Crippen LogP contribution is -2.31. The van der Waals surface area contributed by atoms with Crippen molar-refractivity contribution >= 4 is 48.4 Å². The first-order chi connectivity index (χ1) is 13.1. The van der Waals surface area contributed by atoms with Gasteiger partial charge in [-0.15, -0.1) is 0 Å². The first kappa shape index (κ1) is 19.0. The predicted molar refractivity (Wildman–Crippen MR) is 113 cm³/mol. The van der Waals surface area contributed by atoms with E-state index in [1.165, 1.54) is 0 Å². The molecule has 2 aromatic rings. The Balaban J connectivity index is 1.57. The van der Waals surface area contributed by atoms with Gasteiger partial charge in [-0.2, -0.15) is 0 Å². The lowest BCUT2D eigenvalue weighted by Gasteiger charge is -2.20. The van der Waals surface area contributed by atoms with E-state index in [0.717, 1.165) is 46.8 Å². The maximum atomic E-state index is 6.41. The first-order valence-electron chi connectivity index (χ1n) is 9.17. The molecule has 1 saturated carbocycles. The van der Waals surface area contributed by atoms with Crippen LogP contribution in [0.25, 0.3) is 0 Å². The molecule has 0 radical (unpaired) electrons. The second kappa shape index (κ2) is 7.94. The van der Waals surface area contributed by atoms with E-state index in [9.17, 15) is 0 Å². The SMILES string of the molecule is BCc1ccc(OCC2C(c3c(Cl)cccc3Cl)=NOC2C2CC2)cc1Cl. The molecule has 1 fully saturated rings. The Labute approximate surface area is 175 Å². The van der Waals surface area contributed by atoms with E-state index in [4.69, 9.17) is 44.4 Å². The van der Waals surface area contributed by atoms with Gasteiger partial charge >= 0.3 is 0 Å². The minimum absolute atomic E-state index is 0.00211. The summed E-state index contributed by atoms with van der Waals surface area (Å²) in [4.78, 5) is 5.78. The second-order valence-corrected chi connectivity index (χ2v) is 8.23. The molecule has 7 heteroatoms. The molecule has 0 N–H and O–H groups in total. The topological polar surface area (TPSA) is 30.8 Å². The van der Waals surface area contributed by atoms with Crippen LogP contribution in [0.1, 0.15) is 24.0 Å². The number of rotatable bonds is 6. The summed E-state index contributed by atoms with van der Waals surface area (Å²) in [7, 11) is 2.08. The number of ether oxygens (including phenoxy) is 1. The van der Waals surface area contributed by atoms with Crippen LogP contribution in [0.2, 0.25) is 15.1 Å². The Morgan fingerprint density at radius 1 is 1.07 bits per heavy atom. The molecule has 3 nitrogen and oxygen atoms in total. The maximum absolute atomic E-state index is 6.41. The number of hydrogen-bond donors (Lipinski definition) is 0. The Kier molecular flexibility index (Phi) is 5.59. The summed E-state index contributed by atoms with van der Waals surface area (Å²) in [5, 5.41) is 6.21. The molecule has 0 amide bonds. The molecule has 2 aliphatic rings. The third kappa shape index (κ3) is 3.94. The Morgan fingerprint density at radius 2 is 1.81 bits per heavy atom. The van der Waals surface area contributed by atoms with Crippen LogP contribution in [0.5, 0.6) is 5.75 Å². The van der Waals surface area contributed by atoms with Crippen LogP contribution in [-0.2, 0) is 11.2 Å². The van der Waals surface area contributed by atoms with E-state index < -0.39 is 0 Å². The standard InChI is InChI=1S/C20H19BCl3NO2/c21-9-12-6-7-13(8-17(12)24)26-10-14-19(25-27-20(14)11-4-5-11)18-15(22)2-1-3-16(18)23/h1-3,6-8,11,14,20H,4-5,9-10,21H2. The van der Waals surface area contributed by atoms with Crippen molar-refractivity contribution in [2.45, 2.75) is 25.3 Å². The molecule has 140 valence electrons. The molecule has 1 aliphatic heterocycles. The molecule has 27 heavy (non-hydrogen) atoms. The quantitative estimate of drug-likeness (QED) is 0.614. The monoisotopic (exact) mass is 421 g/mol. The Hall–Kier alpha value is -1.36. The summed E-state index contributed by atoms with van der Waals surface area (Å²) >= 11 is 19.1. The number of halogens is 3. The highest BCUT2D eigenvalue weighted by molar-refractivity contribution is 6.40. The van der Waals surface area contributed by atoms with Crippen molar-refractivity contribution < 1.29 is 9.57 Å². The summed E-state index contributed by atoms with van der Waals surface area (Å²) in [6.45, 7) is 0.434. The van der Waals surface area contributed by atoms with Crippen LogP contribution in [0.15, 0.2) is 41.6 Å². The molecule has 0 saturated heterocycles. The highest BCUT2D eigenvalue weighted by Crippen LogP contribution is 2.43. The summed E-state index contributed by atoms with van der Waals surface area (Å²) in [6, 6.07) is 11.3. The van der Waals surface area contributed by atoms with Crippen molar-refractivity contribution in [2.75, 3.05) is 6.61 Å². The minimum Gasteiger partial charge on any atom is -0.493 e. The van der Waals surface area contributed by atoms with Gasteiger partial charge in [0, 0.05) is 10.6 Å². The summed E-state index contributed by atoms with van der Waals surface area (Å²) < 4.78 is 6.08. The molecule has 4 rings (SSSR count). The second-order valence-electron chi connectivity index (χ2n) is 7.00. The number of nitrogens with zero attached hydrogens (tertiary/aromatic N) is 1. The number of oxime groups is 1. The van der Waals surface area contributed by atoms with E-state index in [2.05, 4.69) is 13.0 Å². The van der Waals surface area contributed by atoms with Gasteiger partial charge in [0.2, 0.25) is 0 Å². The minimum atomic E-state index is -0.0282. The number of benzene rings is 2. The van der Waals surface area contributed by atoms with Crippen LogP contribution in [0, 0.1) is 11.8 Å². The van der Waals surface area contributed by atoms with E-state index in [1.807, 2.05) is 36.4 Å². The Morgan fingerprint density at radius 3 is 2.44 bits per heavy atom. The smallest absolute Gasteiger partial charge is 0.142 e. The van der Waals surface area contributed by atoms with Gasteiger partial charge in [-0.1, -0.05) is 58.4 Å². The zero-order chi connectivity index (χ0) is 19.0. The third-order valence-electron chi connectivity index (χ3n) is 5.16. The van der Waals surface area contributed by atoms with Gasteiger partial charge in [-0.3, -0.25) is 0 Å². The van der Waals surface area contributed by atoms with Crippen molar-refractivity contribution in [3.05, 3.63) is 62.6 Å². The van der Waals surface area contributed by atoms with Gasteiger partial charge in [0.05, 0.1) is 16.0 Å². The average Bonchev–Trinajstić information content (AvgIpc) is 3.41. The largest absolute Gasteiger partial charge is 0.493 e. The number of hydrogen-bond acceptors (Lipinski definition) is 3. The summed E-state index contributed by atoms with van der Waals surface area (Å²) in [6.07, 6.45) is 3.19. The maximum Gasteiger partial charge on any atom is 0.142 e. The molecular formula is C20H19BCl3NO2. The van der Waals surface area contributed by atoms with Crippen molar-refractivity contribution in [1.29, 1.82) is 0 Å². The van der Waals surface area contributed by atoms with E-state index in [0.29, 0.717) is 22.6 Å². The van der Waals surface area contributed by atoms with Gasteiger partial charge in [0.25, 0.3) is 0 Å². The lowest BCUT2D eigenvalue weighted by molar-refractivity contribution is 0.0340. The van der Waals surface area contributed by atoms with Crippen molar-refractivity contribution in [1.82, 2.24) is 0 Å². The zero-order valence-corrected chi connectivity index (χ0v) is 17.2. The molecule has 2 aromatic carbocycles. The van der Waals surface area contributed by atoms with Gasteiger partial charge in [0.15, 0.2) is 0 Å². The normalized spacial score (nSPS) is 21.7. The molecule has 0 aromatic heterocycles. The fourth-order valence-electron chi connectivity index (χ4n) is 3.49. The highest BCUT2D eigenvalue weighted by atomic mass is 35.5. The molecule has 2 unspecified atom stereocenters. The fourth-order valence-corrected chi connectivity index (χ4v) is 4.39. The fraction of sp³-hybridized carbons (Fsp3) is 0.350. The van der Waals surface area contributed by atoms with E-state index in [-0.39, 0.29) is 12.0 Å². The van der Waals surface area contributed by atoms with E-state index >= 15 is 0 Å². The zero-order valence-electron chi connectivity index (χ0n) is 14.9. The summed E-state index contributed by atoms with van der Waals surface area (Å²) in [5.74, 6) is 1.22. The van der Waals surface area contributed by atoms with E-state index in [1.54, 1.807) is 0 Å². The van der Waals surface area contributed by atoms with Gasteiger partial charge < -0.3 is 9.57 Å². The van der Waals surface area contributed by atoms with Gasteiger partial charge in [-0.25, -0.2) is 0 Å². The van der Waals surface area contributed by atoms with Crippen molar-refractivity contribution in [2.24, 2.45) is 17.0 Å². The molecule has 1 aliphatic carbocycles. The van der Waals surface area contributed by atoms with Crippen LogP contribution >= 0.6 is 34.8 Å². The van der Waals surface area contributed by atoms with Crippen LogP contribution in [-0.4, -0.2) is 26.3 Å². The first-order valence-corrected chi connectivity index (χ1v) is 10.3. The van der Waals surface area contributed by atoms with Crippen LogP contribution in [0.4, 0.5) is 0 Å². The molecule has 0 spiro atoms. The molecule has 0 bridgehead atoms. The highest BCUT2D eigenvalue weighted by Gasteiger charge is 2.46. The average molecular weight is 423 g/mol. The van der Waals surface area contributed by atoms with Crippen molar-refractivity contribution in [3.63, 3.8) is 0 Å². The molecule has 1 heterocycles. The third-order valence-corrected chi connectivity index (χ3v) is 6.14. The molecule has 2 atom stereocenters. The Bertz CT molecular complexity index is 865.